The summed E-state index contributed by atoms with van der Waals surface area (Å²) < 4.78 is 5.10. The highest BCUT2D eigenvalue weighted by atomic mass is 32.1. The topological polar surface area (TPSA) is 175 Å². The molecule has 6 N–H and O–H groups in total. The quantitative estimate of drug-likeness (QED) is 0.170. The lowest BCUT2D eigenvalue weighted by atomic mass is 10.2. The van der Waals surface area contributed by atoms with Crippen LogP contribution in [0, 0.1) is 0 Å². The van der Waals surface area contributed by atoms with Crippen molar-refractivity contribution in [1.82, 2.24) is 21.3 Å². The number of anilines is 1. The molecule has 0 saturated carbocycles. The summed E-state index contributed by atoms with van der Waals surface area (Å²) in [6, 6.07) is 18.6. The number of benzene rings is 2. The number of ether oxygens (including phenoxy) is 1. The molecule has 2 aromatic carbocycles. The molecule has 12 nitrogen and oxygen atoms in total. The standard InChI is InChI=1S/C28H31N5O7S/c34-23(30-16-22(14-25(35)36)32-28(39)40-17-20-9-5-2-6-10-20)11-12-29-26(37)21-13-24(41-18-21)33-27(38)31-15-19-7-3-1-4-8-19/h1-10,13,18,22H,11-12,14-17H2,(H,29,37)(H,30,34)(H,32,39)(H,35,36)(H2,31,33,38)/t22-/m1/s1. The summed E-state index contributed by atoms with van der Waals surface area (Å²) in [4.78, 5) is 60.0. The number of urea groups is 1. The molecule has 5 amide bonds. The Bertz CT molecular complexity index is 1320. The molecule has 3 rings (SSSR count). The fourth-order valence-electron chi connectivity index (χ4n) is 3.49. The summed E-state index contributed by atoms with van der Waals surface area (Å²) in [6.07, 6.45) is -1.29. The van der Waals surface area contributed by atoms with Crippen molar-refractivity contribution in [3.63, 3.8) is 0 Å². The van der Waals surface area contributed by atoms with Gasteiger partial charge in [0.2, 0.25) is 5.91 Å². The van der Waals surface area contributed by atoms with Gasteiger partial charge in [0.25, 0.3) is 5.91 Å². The van der Waals surface area contributed by atoms with Crippen molar-refractivity contribution in [2.24, 2.45) is 0 Å². The molecular weight excluding hydrogens is 550 g/mol. The summed E-state index contributed by atoms with van der Waals surface area (Å²) in [7, 11) is 0. The van der Waals surface area contributed by atoms with E-state index in [1.54, 1.807) is 29.6 Å². The molecule has 0 bridgehead atoms. The van der Waals surface area contributed by atoms with Gasteiger partial charge in [0, 0.05) is 31.4 Å². The molecule has 0 aliphatic carbocycles. The van der Waals surface area contributed by atoms with Crippen molar-refractivity contribution in [3.05, 3.63) is 88.8 Å². The van der Waals surface area contributed by atoms with Crippen molar-refractivity contribution < 1.29 is 33.8 Å². The lowest BCUT2D eigenvalue weighted by Crippen LogP contribution is -2.45. The van der Waals surface area contributed by atoms with Crippen LogP contribution in [0.15, 0.2) is 72.1 Å². The zero-order chi connectivity index (χ0) is 29.5. The average Bonchev–Trinajstić information content (AvgIpc) is 3.43. The van der Waals surface area contributed by atoms with Crippen LogP contribution < -0.4 is 26.6 Å². The number of nitrogens with one attached hydrogen (secondary N) is 5. The largest absolute Gasteiger partial charge is 0.481 e. The van der Waals surface area contributed by atoms with Crippen molar-refractivity contribution in [2.75, 3.05) is 18.4 Å². The Balaban J connectivity index is 1.34. The molecule has 1 atom stereocenters. The van der Waals surface area contributed by atoms with Gasteiger partial charge < -0.3 is 31.1 Å². The molecule has 0 radical (unpaired) electrons. The third-order valence-electron chi connectivity index (χ3n) is 5.53. The van der Waals surface area contributed by atoms with Crippen molar-refractivity contribution >= 4 is 46.2 Å². The zero-order valence-electron chi connectivity index (χ0n) is 22.1. The maximum absolute atomic E-state index is 12.4. The van der Waals surface area contributed by atoms with Gasteiger partial charge in [-0.05, 0) is 17.2 Å². The zero-order valence-corrected chi connectivity index (χ0v) is 22.9. The van der Waals surface area contributed by atoms with E-state index in [4.69, 9.17) is 9.84 Å². The Morgan fingerprint density at radius 3 is 2.24 bits per heavy atom. The number of carboxylic acids is 1. The Morgan fingerprint density at radius 1 is 0.878 bits per heavy atom. The SMILES string of the molecule is O=C(O)C[C@H](CNC(=O)CCNC(=O)c1csc(NC(=O)NCc2ccccc2)c1)NC(=O)OCc1ccccc1. The number of rotatable bonds is 14. The van der Waals surface area contributed by atoms with Crippen LogP contribution in [0.3, 0.4) is 0 Å². The average molecular weight is 582 g/mol. The normalized spacial score (nSPS) is 11.0. The molecule has 0 saturated heterocycles. The highest BCUT2D eigenvalue weighted by molar-refractivity contribution is 7.14. The van der Waals surface area contributed by atoms with Crippen molar-refractivity contribution in [1.29, 1.82) is 0 Å². The Kier molecular flexibility index (Phi) is 12.1. The summed E-state index contributed by atoms with van der Waals surface area (Å²) in [5, 5.41) is 24.2. The second-order valence-electron chi connectivity index (χ2n) is 8.80. The second-order valence-corrected chi connectivity index (χ2v) is 9.71. The minimum atomic E-state index is -1.15. The van der Waals surface area contributed by atoms with Crippen molar-refractivity contribution in [3.8, 4) is 0 Å². The number of hydrogen-bond acceptors (Lipinski definition) is 7. The fourth-order valence-corrected chi connectivity index (χ4v) is 4.26. The number of hydrogen-bond donors (Lipinski definition) is 6. The van der Waals surface area contributed by atoms with Gasteiger partial charge in [-0.3, -0.25) is 19.7 Å². The third-order valence-corrected chi connectivity index (χ3v) is 6.38. The van der Waals surface area contributed by atoms with Crippen molar-refractivity contribution in [2.45, 2.75) is 32.0 Å². The highest BCUT2D eigenvalue weighted by Crippen LogP contribution is 2.20. The molecule has 0 aliphatic rings. The first kappa shape index (κ1) is 30.6. The second kappa shape index (κ2) is 16.3. The van der Waals surface area contributed by atoms with Gasteiger partial charge in [0.1, 0.15) is 6.61 Å². The van der Waals surface area contributed by atoms with Crippen LogP contribution in [0.5, 0.6) is 0 Å². The number of alkyl carbamates (subject to hydrolysis) is 1. The molecule has 0 aliphatic heterocycles. The molecule has 0 fully saturated rings. The smallest absolute Gasteiger partial charge is 0.407 e. The first-order valence-corrected chi connectivity index (χ1v) is 13.6. The van der Waals surface area contributed by atoms with Gasteiger partial charge in [0.05, 0.1) is 23.0 Å². The first-order chi connectivity index (χ1) is 19.8. The number of amides is 5. The van der Waals surface area contributed by atoms with Crippen LogP contribution in [-0.4, -0.2) is 54.1 Å². The fraction of sp³-hybridized carbons (Fsp3) is 0.250. The van der Waals surface area contributed by atoms with Crippen LogP contribution in [0.1, 0.15) is 34.3 Å². The van der Waals surface area contributed by atoms with Gasteiger partial charge in [-0.25, -0.2) is 9.59 Å². The third kappa shape index (κ3) is 11.8. The Labute approximate surface area is 240 Å². The van der Waals surface area contributed by atoms with E-state index in [2.05, 4.69) is 26.6 Å². The number of carbonyl (C=O) groups is 5. The van der Waals surface area contributed by atoms with E-state index in [-0.39, 0.29) is 26.1 Å². The highest BCUT2D eigenvalue weighted by Gasteiger charge is 2.18. The van der Waals surface area contributed by atoms with Gasteiger partial charge in [-0.15, -0.1) is 11.3 Å². The minimum absolute atomic E-state index is 0.0155. The van der Waals surface area contributed by atoms with Crippen LogP contribution in [0.2, 0.25) is 0 Å². The van der Waals surface area contributed by atoms with Crippen LogP contribution in [0.4, 0.5) is 14.6 Å². The summed E-state index contributed by atoms with van der Waals surface area (Å²) in [5.41, 5.74) is 2.05. The number of carbonyl (C=O) groups excluding carboxylic acids is 4. The van der Waals surface area contributed by atoms with Gasteiger partial charge in [-0.2, -0.15) is 0 Å². The number of carboxylic acid groups (broad SMARTS) is 1. The summed E-state index contributed by atoms with van der Waals surface area (Å²) in [5.74, 6) is -2.01. The molecular formula is C28H31N5O7S. The predicted molar refractivity (Wildman–Crippen MR) is 152 cm³/mol. The van der Waals surface area contributed by atoms with Gasteiger partial charge >= 0.3 is 18.1 Å². The van der Waals surface area contributed by atoms with E-state index < -0.39 is 42.4 Å². The number of thiophene rings is 1. The lowest BCUT2D eigenvalue weighted by molar-refractivity contribution is -0.137. The molecule has 3 aromatic rings. The van der Waals surface area contributed by atoms with E-state index in [0.717, 1.165) is 11.1 Å². The molecule has 0 unspecified atom stereocenters. The van der Waals surface area contributed by atoms with Crippen LogP contribution >= 0.6 is 11.3 Å². The first-order valence-electron chi connectivity index (χ1n) is 12.7. The lowest BCUT2D eigenvalue weighted by Gasteiger charge is -2.17. The predicted octanol–water partition coefficient (Wildman–Crippen LogP) is 3.08. The van der Waals surface area contributed by atoms with E-state index in [9.17, 15) is 24.0 Å². The molecule has 216 valence electrons. The molecule has 1 aromatic heterocycles. The molecule has 41 heavy (non-hydrogen) atoms. The van der Waals surface area contributed by atoms with Crippen LogP contribution in [0.25, 0.3) is 0 Å². The van der Waals surface area contributed by atoms with E-state index in [1.807, 2.05) is 36.4 Å². The number of aliphatic carboxylic acids is 1. The van der Waals surface area contributed by atoms with E-state index in [0.29, 0.717) is 17.1 Å². The molecule has 13 heteroatoms. The molecule has 0 spiro atoms. The summed E-state index contributed by atoms with van der Waals surface area (Å²) >= 11 is 1.19. The Morgan fingerprint density at radius 2 is 1.56 bits per heavy atom. The van der Waals surface area contributed by atoms with E-state index >= 15 is 0 Å². The minimum Gasteiger partial charge on any atom is -0.481 e. The summed E-state index contributed by atoms with van der Waals surface area (Å²) in [6.45, 7) is 0.267. The van der Waals surface area contributed by atoms with Gasteiger partial charge in [-0.1, -0.05) is 60.7 Å². The maximum atomic E-state index is 12.4. The van der Waals surface area contributed by atoms with Crippen LogP contribution in [-0.2, 0) is 27.5 Å². The molecule has 1 heterocycles. The maximum Gasteiger partial charge on any atom is 0.407 e. The Hall–Kier alpha value is -4.91. The monoisotopic (exact) mass is 581 g/mol. The van der Waals surface area contributed by atoms with Gasteiger partial charge in [0.15, 0.2) is 0 Å². The van der Waals surface area contributed by atoms with E-state index in [1.165, 1.54) is 17.4 Å².